The van der Waals surface area contributed by atoms with Gasteiger partial charge in [-0.05, 0) is 57.9 Å². The van der Waals surface area contributed by atoms with Crippen molar-refractivity contribution in [2.24, 2.45) is 0 Å². The predicted molar refractivity (Wildman–Crippen MR) is 132 cm³/mol. The Kier molecular flexibility index (Phi) is 5.57. The SMILES string of the molecule is N#Cc1c(Sc2ccc3ccccc3c2)ccc(Sc2ccc3ccccc3c2)c1C#N. The summed E-state index contributed by atoms with van der Waals surface area (Å²) in [6, 6.07) is 37.3. The van der Waals surface area contributed by atoms with Gasteiger partial charge in [-0.25, -0.2) is 0 Å². The molecule has 0 unspecified atom stereocenters. The van der Waals surface area contributed by atoms with Gasteiger partial charge in [0.15, 0.2) is 0 Å². The maximum atomic E-state index is 9.89. The second kappa shape index (κ2) is 8.81. The number of fused-ring (bicyclic) bond motifs is 2. The van der Waals surface area contributed by atoms with E-state index in [9.17, 15) is 10.5 Å². The summed E-state index contributed by atoms with van der Waals surface area (Å²) in [4.78, 5) is 3.67. The lowest BCUT2D eigenvalue weighted by Gasteiger charge is -2.11. The molecule has 5 aromatic rings. The smallest absolute Gasteiger partial charge is 0.102 e. The molecule has 0 saturated carbocycles. The summed E-state index contributed by atoms with van der Waals surface area (Å²) in [5, 5.41) is 24.4. The van der Waals surface area contributed by atoms with Gasteiger partial charge in [0.2, 0.25) is 0 Å². The lowest BCUT2D eigenvalue weighted by molar-refractivity contribution is 1.24. The van der Waals surface area contributed by atoms with Crippen molar-refractivity contribution in [3.8, 4) is 12.1 Å². The molecule has 2 nitrogen and oxygen atoms in total. The third kappa shape index (κ3) is 3.95. The van der Waals surface area contributed by atoms with Gasteiger partial charge in [-0.1, -0.05) is 84.2 Å². The monoisotopic (exact) mass is 444 g/mol. The van der Waals surface area contributed by atoms with Crippen LogP contribution in [0.3, 0.4) is 0 Å². The molecule has 5 rings (SSSR count). The zero-order valence-corrected chi connectivity index (χ0v) is 18.6. The molecule has 0 radical (unpaired) electrons. The van der Waals surface area contributed by atoms with Crippen molar-refractivity contribution in [1.29, 1.82) is 10.5 Å². The first kappa shape index (κ1) is 20.2. The second-order valence-corrected chi connectivity index (χ2v) is 9.49. The van der Waals surface area contributed by atoms with E-state index in [0.29, 0.717) is 11.1 Å². The van der Waals surface area contributed by atoms with Crippen molar-refractivity contribution in [3.63, 3.8) is 0 Å². The second-order valence-electron chi connectivity index (χ2n) is 7.26. The van der Waals surface area contributed by atoms with Gasteiger partial charge in [0, 0.05) is 19.6 Å². The van der Waals surface area contributed by atoms with Gasteiger partial charge in [0.25, 0.3) is 0 Å². The fraction of sp³-hybridized carbons (Fsp3) is 0. The van der Waals surface area contributed by atoms with Gasteiger partial charge in [-0.3, -0.25) is 0 Å². The van der Waals surface area contributed by atoms with Crippen molar-refractivity contribution in [2.75, 3.05) is 0 Å². The highest BCUT2D eigenvalue weighted by Crippen LogP contribution is 2.39. The lowest BCUT2D eigenvalue weighted by Crippen LogP contribution is -1.92. The van der Waals surface area contributed by atoms with Crippen LogP contribution in [0.15, 0.2) is 117 Å². The van der Waals surface area contributed by atoms with Crippen molar-refractivity contribution >= 4 is 45.1 Å². The fourth-order valence-electron chi connectivity index (χ4n) is 3.67. The van der Waals surface area contributed by atoms with Crippen LogP contribution in [0.5, 0.6) is 0 Å². The van der Waals surface area contributed by atoms with E-state index in [2.05, 4.69) is 72.8 Å². The topological polar surface area (TPSA) is 47.6 Å². The van der Waals surface area contributed by atoms with Gasteiger partial charge < -0.3 is 0 Å². The minimum absolute atomic E-state index is 0.427. The first-order valence-corrected chi connectivity index (χ1v) is 11.7. The number of benzene rings is 5. The lowest BCUT2D eigenvalue weighted by atomic mass is 10.1. The minimum atomic E-state index is 0.427. The van der Waals surface area contributed by atoms with Crippen LogP contribution in [0.2, 0.25) is 0 Å². The highest BCUT2D eigenvalue weighted by Gasteiger charge is 2.15. The molecule has 0 fully saturated rings. The maximum absolute atomic E-state index is 9.89. The molecule has 32 heavy (non-hydrogen) atoms. The first-order valence-electron chi connectivity index (χ1n) is 10.1. The Bertz CT molecular complexity index is 1440. The van der Waals surface area contributed by atoms with Gasteiger partial charge in [-0.15, -0.1) is 0 Å². The molecule has 0 heterocycles. The summed E-state index contributed by atoms with van der Waals surface area (Å²) in [6.07, 6.45) is 0. The van der Waals surface area contributed by atoms with E-state index in [1.165, 1.54) is 34.3 Å². The molecule has 0 aliphatic heterocycles. The van der Waals surface area contributed by atoms with E-state index < -0.39 is 0 Å². The van der Waals surface area contributed by atoms with Crippen LogP contribution in [0.1, 0.15) is 11.1 Å². The normalized spacial score (nSPS) is 10.7. The predicted octanol–water partition coefficient (Wildman–Crippen LogP) is 8.04. The molecule has 0 atom stereocenters. The summed E-state index contributed by atoms with van der Waals surface area (Å²) in [6.45, 7) is 0. The number of rotatable bonds is 4. The van der Waals surface area contributed by atoms with Crippen molar-refractivity contribution in [1.82, 2.24) is 0 Å². The standard InChI is InChI=1S/C28H16N2S2/c29-17-25-26(18-30)28(32-24-12-10-20-6-2-4-8-22(20)16-24)14-13-27(25)31-23-11-9-19-5-1-3-7-21(19)15-23/h1-16H. The summed E-state index contributed by atoms with van der Waals surface area (Å²) < 4.78 is 0. The molecule has 0 aromatic heterocycles. The summed E-state index contributed by atoms with van der Waals surface area (Å²) in [7, 11) is 0. The Morgan fingerprint density at radius 1 is 0.469 bits per heavy atom. The van der Waals surface area contributed by atoms with Crippen LogP contribution >= 0.6 is 23.5 Å². The van der Waals surface area contributed by atoms with E-state index >= 15 is 0 Å². The van der Waals surface area contributed by atoms with Crippen LogP contribution in [-0.4, -0.2) is 0 Å². The van der Waals surface area contributed by atoms with Gasteiger partial charge in [0.1, 0.15) is 12.1 Å². The molecule has 0 saturated heterocycles. The molecule has 150 valence electrons. The van der Waals surface area contributed by atoms with E-state index in [0.717, 1.165) is 30.4 Å². The highest BCUT2D eigenvalue weighted by atomic mass is 32.2. The Morgan fingerprint density at radius 3 is 1.28 bits per heavy atom. The van der Waals surface area contributed by atoms with Gasteiger partial charge in [-0.2, -0.15) is 10.5 Å². The molecular formula is C28H16N2S2. The third-order valence-corrected chi connectivity index (χ3v) is 7.35. The van der Waals surface area contributed by atoms with Crippen molar-refractivity contribution < 1.29 is 0 Å². The van der Waals surface area contributed by atoms with Crippen LogP contribution in [0, 0.1) is 22.7 Å². The maximum Gasteiger partial charge on any atom is 0.102 e. The zero-order valence-electron chi connectivity index (χ0n) is 16.9. The van der Waals surface area contributed by atoms with Crippen molar-refractivity contribution in [3.05, 3.63) is 108 Å². The van der Waals surface area contributed by atoms with Gasteiger partial charge >= 0.3 is 0 Å². The minimum Gasteiger partial charge on any atom is -0.192 e. The molecule has 5 aromatic carbocycles. The van der Waals surface area contributed by atoms with Crippen LogP contribution in [0.25, 0.3) is 21.5 Å². The first-order chi connectivity index (χ1) is 15.7. The zero-order chi connectivity index (χ0) is 21.9. The quantitative estimate of drug-likeness (QED) is 0.281. The molecule has 0 N–H and O–H groups in total. The Labute approximate surface area is 195 Å². The van der Waals surface area contributed by atoms with Crippen LogP contribution < -0.4 is 0 Å². The number of nitrogens with zero attached hydrogens (tertiary/aromatic N) is 2. The van der Waals surface area contributed by atoms with Crippen molar-refractivity contribution in [2.45, 2.75) is 19.6 Å². The molecule has 0 spiro atoms. The van der Waals surface area contributed by atoms with Crippen LogP contribution in [0.4, 0.5) is 0 Å². The Hall–Kier alpha value is -3.70. The Morgan fingerprint density at radius 2 is 0.875 bits per heavy atom. The van der Waals surface area contributed by atoms with E-state index in [4.69, 9.17) is 0 Å². The molecular weight excluding hydrogens is 428 g/mol. The summed E-state index contributed by atoms with van der Waals surface area (Å²) in [5.41, 5.74) is 0.855. The molecule has 4 heteroatoms. The number of hydrogen-bond acceptors (Lipinski definition) is 4. The summed E-state index contributed by atoms with van der Waals surface area (Å²) >= 11 is 3.03. The summed E-state index contributed by atoms with van der Waals surface area (Å²) in [5.74, 6) is 0. The van der Waals surface area contributed by atoms with E-state index in [-0.39, 0.29) is 0 Å². The molecule has 0 aliphatic rings. The van der Waals surface area contributed by atoms with E-state index in [1.54, 1.807) is 0 Å². The third-order valence-electron chi connectivity index (χ3n) is 5.25. The Balaban J connectivity index is 1.50. The molecule has 0 bridgehead atoms. The highest BCUT2D eigenvalue weighted by molar-refractivity contribution is 8.00. The fourth-order valence-corrected chi connectivity index (χ4v) is 5.60. The molecule has 0 aliphatic carbocycles. The average Bonchev–Trinajstić information content (AvgIpc) is 2.84. The van der Waals surface area contributed by atoms with Gasteiger partial charge in [0.05, 0.1) is 11.1 Å². The largest absolute Gasteiger partial charge is 0.192 e. The van der Waals surface area contributed by atoms with Crippen LogP contribution in [-0.2, 0) is 0 Å². The number of hydrogen-bond donors (Lipinski definition) is 0. The number of nitriles is 2. The van der Waals surface area contributed by atoms with E-state index in [1.807, 2.05) is 36.4 Å². The average molecular weight is 445 g/mol. The molecule has 0 amide bonds.